The van der Waals surface area contributed by atoms with Crippen LogP contribution < -0.4 is 0 Å². The summed E-state index contributed by atoms with van der Waals surface area (Å²) in [5, 5.41) is 10.6. The van der Waals surface area contributed by atoms with Gasteiger partial charge >= 0.3 is 39.5 Å². The number of aliphatic hydroxyl groups excluding tert-OH is 1. The molecule has 0 spiro atoms. The number of rotatable bonds is 69. The fraction of sp³-hybridized carbons (Fsp3) is 0.944. The molecule has 0 heterocycles. The summed E-state index contributed by atoms with van der Waals surface area (Å²) >= 11 is 0. The largest absolute Gasteiger partial charge is 0.472 e. The van der Waals surface area contributed by atoms with Gasteiger partial charge in [-0.15, -0.1) is 0 Å². The van der Waals surface area contributed by atoms with Gasteiger partial charge in [0.15, 0.2) is 12.2 Å². The molecule has 4 unspecified atom stereocenters. The minimum Gasteiger partial charge on any atom is -0.462 e. The Hall–Kier alpha value is -1.94. The highest BCUT2D eigenvalue weighted by Gasteiger charge is 2.30. The van der Waals surface area contributed by atoms with Gasteiger partial charge in [-0.2, -0.15) is 0 Å². The highest BCUT2D eigenvalue weighted by molar-refractivity contribution is 7.47. The summed E-state index contributed by atoms with van der Waals surface area (Å²) in [5.41, 5.74) is 0. The molecule has 17 nitrogen and oxygen atoms in total. The summed E-state index contributed by atoms with van der Waals surface area (Å²) in [6.07, 6.45) is 44.7. The van der Waals surface area contributed by atoms with Gasteiger partial charge in [-0.25, -0.2) is 9.13 Å². The molecule has 0 bridgehead atoms. The summed E-state index contributed by atoms with van der Waals surface area (Å²) in [6.45, 7) is 14.1. The minimum atomic E-state index is -4.95. The van der Waals surface area contributed by atoms with Crippen LogP contribution in [0.25, 0.3) is 0 Å². The van der Waals surface area contributed by atoms with E-state index < -0.39 is 97.5 Å². The van der Waals surface area contributed by atoms with E-state index in [2.05, 4.69) is 55.4 Å². The van der Waals surface area contributed by atoms with E-state index in [1.165, 1.54) is 161 Å². The van der Waals surface area contributed by atoms with Gasteiger partial charge in [0, 0.05) is 25.7 Å². The molecule has 0 aromatic heterocycles. The molecule has 0 rings (SSSR count). The smallest absolute Gasteiger partial charge is 0.462 e. The quantitative estimate of drug-likeness (QED) is 0.0222. The molecule has 0 aromatic rings. The zero-order valence-electron chi connectivity index (χ0n) is 59.5. The minimum absolute atomic E-state index is 0.103. The van der Waals surface area contributed by atoms with E-state index in [0.29, 0.717) is 25.7 Å². The fourth-order valence-electron chi connectivity index (χ4n) is 10.8. The van der Waals surface area contributed by atoms with Crippen molar-refractivity contribution in [3.05, 3.63) is 0 Å². The molecule has 0 aliphatic heterocycles. The van der Waals surface area contributed by atoms with E-state index in [1.807, 2.05) is 0 Å². The summed E-state index contributed by atoms with van der Waals surface area (Å²) in [5.74, 6) is 0.846. The second-order valence-corrected chi connectivity index (χ2v) is 30.6. The average Bonchev–Trinajstić information content (AvgIpc) is 3.70. The van der Waals surface area contributed by atoms with Crippen LogP contribution in [0, 0.1) is 23.7 Å². The molecule has 0 radical (unpaired) electrons. The molecule has 19 heteroatoms. The number of hydrogen-bond acceptors (Lipinski definition) is 15. The fourth-order valence-corrected chi connectivity index (χ4v) is 12.4. The number of phosphoric acid groups is 2. The number of carbonyl (C=O) groups is 4. The molecule has 0 saturated carbocycles. The second-order valence-electron chi connectivity index (χ2n) is 27.6. The standard InChI is InChI=1S/C72H140O17P2/c1-9-65(8)51-43-35-30-31-39-47-55-72(77)89-68(59-82-69(74)52-44-36-27-19-17-15-13-11-10-12-14-16-18-24-32-40-48-62(2)3)61-87-91(80,81)85-57-66(73)56-84-90(78,79)86-60-67(88-71(76)54-46-38-29-23-21-26-34-42-50-64(6)7)58-83-70(75)53-45-37-28-22-20-25-33-41-49-63(4)5/h62-68,73H,9-61H2,1-8H3,(H,78,79)(H,80,81)/t65?,66?,67-,68-/m1/s1. The van der Waals surface area contributed by atoms with Crippen LogP contribution in [0.15, 0.2) is 0 Å². The first-order valence-corrected chi connectivity index (χ1v) is 40.2. The maximum atomic E-state index is 13.0. The maximum absolute atomic E-state index is 13.0. The van der Waals surface area contributed by atoms with Crippen LogP contribution in [0.4, 0.5) is 0 Å². The van der Waals surface area contributed by atoms with Crippen molar-refractivity contribution in [2.75, 3.05) is 39.6 Å². The van der Waals surface area contributed by atoms with Crippen molar-refractivity contribution in [2.24, 2.45) is 23.7 Å². The van der Waals surface area contributed by atoms with E-state index in [4.69, 9.17) is 37.0 Å². The first-order chi connectivity index (χ1) is 43.6. The monoisotopic (exact) mass is 1340 g/mol. The van der Waals surface area contributed by atoms with Crippen molar-refractivity contribution < 1.29 is 80.2 Å². The molecular formula is C72H140O17P2. The van der Waals surface area contributed by atoms with E-state index in [1.54, 1.807) is 0 Å². The normalized spacial score (nSPS) is 14.5. The van der Waals surface area contributed by atoms with Gasteiger partial charge in [-0.1, -0.05) is 306 Å². The average molecular weight is 1340 g/mol. The molecular weight excluding hydrogens is 1200 g/mol. The molecule has 0 amide bonds. The number of hydrogen-bond donors (Lipinski definition) is 3. The van der Waals surface area contributed by atoms with E-state index in [0.717, 1.165) is 114 Å². The van der Waals surface area contributed by atoms with Gasteiger partial charge in [0.05, 0.1) is 26.4 Å². The van der Waals surface area contributed by atoms with Crippen LogP contribution in [0.5, 0.6) is 0 Å². The number of ether oxygens (including phenoxy) is 4. The van der Waals surface area contributed by atoms with Gasteiger partial charge < -0.3 is 33.8 Å². The molecule has 6 atom stereocenters. The second kappa shape index (κ2) is 61.6. The highest BCUT2D eigenvalue weighted by atomic mass is 31.2. The first-order valence-electron chi connectivity index (χ1n) is 37.2. The number of esters is 4. The Morgan fingerprint density at radius 3 is 0.780 bits per heavy atom. The van der Waals surface area contributed by atoms with Gasteiger partial charge in [-0.3, -0.25) is 37.3 Å². The predicted molar refractivity (Wildman–Crippen MR) is 367 cm³/mol. The molecule has 540 valence electrons. The van der Waals surface area contributed by atoms with Crippen LogP contribution in [-0.2, 0) is 65.4 Å². The lowest BCUT2D eigenvalue weighted by molar-refractivity contribution is -0.161. The highest BCUT2D eigenvalue weighted by Crippen LogP contribution is 2.45. The van der Waals surface area contributed by atoms with Crippen molar-refractivity contribution in [1.82, 2.24) is 0 Å². The Balaban J connectivity index is 5.18. The SMILES string of the molecule is CCC(C)CCCCCCCCC(=O)O[C@H](COC(=O)CCCCCCCCCCCCCCCCCCC(C)C)COP(=O)(O)OCC(O)COP(=O)(O)OC[C@@H](COC(=O)CCCCCCCCCCC(C)C)OC(=O)CCCCCCCCCCC(C)C. The van der Waals surface area contributed by atoms with Crippen LogP contribution in [0.3, 0.4) is 0 Å². The molecule has 0 fully saturated rings. The van der Waals surface area contributed by atoms with E-state index >= 15 is 0 Å². The maximum Gasteiger partial charge on any atom is 0.472 e. The number of phosphoric ester groups is 2. The van der Waals surface area contributed by atoms with Crippen LogP contribution in [0.2, 0.25) is 0 Å². The summed E-state index contributed by atoms with van der Waals surface area (Å²) < 4.78 is 68.3. The van der Waals surface area contributed by atoms with Crippen LogP contribution in [0.1, 0.15) is 357 Å². The summed E-state index contributed by atoms with van der Waals surface area (Å²) in [6, 6.07) is 0. The Kier molecular flexibility index (Phi) is 60.3. The zero-order valence-corrected chi connectivity index (χ0v) is 61.3. The lowest BCUT2D eigenvalue weighted by Crippen LogP contribution is -2.30. The number of carbonyl (C=O) groups excluding carboxylic acids is 4. The number of unbranched alkanes of at least 4 members (excludes halogenated alkanes) is 34. The van der Waals surface area contributed by atoms with Gasteiger partial charge in [0.25, 0.3) is 0 Å². The van der Waals surface area contributed by atoms with Crippen molar-refractivity contribution in [3.8, 4) is 0 Å². The lowest BCUT2D eigenvalue weighted by Gasteiger charge is -2.21. The predicted octanol–water partition coefficient (Wildman–Crippen LogP) is 20.5. The third-order valence-corrected chi connectivity index (χ3v) is 18.8. The molecule has 3 N–H and O–H groups in total. The molecule has 0 aliphatic carbocycles. The Morgan fingerprint density at radius 1 is 0.308 bits per heavy atom. The van der Waals surface area contributed by atoms with Crippen LogP contribution in [-0.4, -0.2) is 96.7 Å². The van der Waals surface area contributed by atoms with Crippen molar-refractivity contribution >= 4 is 39.5 Å². The first kappa shape index (κ1) is 89.1. The number of aliphatic hydroxyl groups is 1. The van der Waals surface area contributed by atoms with Crippen molar-refractivity contribution in [1.29, 1.82) is 0 Å². The van der Waals surface area contributed by atoms with Crippen molar-refractivity contribution in [2.45, 2.75) is 375 Å². The van der Waals surface area contributed by atoms with Gasteiger partial charge in [-0.05, 0) is 49.4 Å². The third-order valence-electron chi connectivity index (χ3n) is 16.9. The lowest BCUT2D eigenvalue weighted by atomic mass is 10.00. The third kappa shape index (κ3) is 65.1. The molecule has 91 heavy (non-hydrogen) atoms. The Labute approximate surface area is 556 Å². The molecule has 0 aliphatic rings. The van der Waals surface area contributed by atoms with Gasteiger partial charge in [0.1, 0.15) is 19.3 Å². The molecule has 0 saturated heterocycles. The molecule has 0 aromatic carbocycles. The summed E-state index contributed by atoms with van der Waals surface area (Å²) in [7, 11) is -9.90. The van der Waals surface area contributed by atoms with Crippen molar-refractivity contribution in [3.63, 3.8) is 0 Å². The van der Waals surface area contributed by atoms with Crippen LogP contribution >= 0.6 is 15.6 Å². The van der Waals surface area contributed by atoms with Gasteiger partial charge in [0.2, 0.25) is 0 Å². The zero-order chi connectivity index (χ0) is 67.5. The summed E-state index contributed by atoms with van der Waals surface area (Å²) in [4.78, 5) is 72.6. The van der Waals surface area contributed by atoms with E-state index in [-0.39, 0.29) is 25.7 Å². The Bertz CT molecular complexity index is 1800. The van der Waals surface area contributed by atoms with E-state index in [9.17, 15) is 43.2 Å². The topological polar surface area (TPSA) is 237 Å². The Morgan fingerprint density at radius 2 is 0.527 bits per heavy atom.